The number of carbonyl (C=O) groups excluding carboxylic acids is 2. The molecule has 2 rings (SSSR count). The molecule has 2 aromatic carbocycles. The number of hydrogen-bond donors (Lipinski definition) is 2. The van der Waals surface area contributed by atoms with Gasteiger partial charge < -0.3 is 10.1 Å². The summed E-state index contributed by atoms with van der Waals surface area (Å²) in [5, 5.41) is 5.93. The normalized spacial score (nSPS) is 10.1. The highest BCUT2D eigenvalue weighted by Crippen LogP contribution is 2.21. The van der Waals surface area contributed by atoms with Crippen molar-refractivity contribution in [1.29, 1.82) is 0 Å². The SMILES string of the molecule is COC(=O)c1ccc(C(=O)NC(=S)Nc2c(C)cc(C)cc2C)cc1. The number of amides is 1. The number of carbonyl (C=O) groups is 2. The molecule has 1 amide bonds. The second-order valence-corrected chi connectivity index (χ2v) is 6.16. The highest BCUT2D eigenvalue weighted by Gasteiger charge is 2.12. The number of aryl methyl sites for hydroxylation is 3. The predicted molar refractivity (Wildman–Crippen MR) is 102 cm³/mol. The van der Waals surface area contributed by atoms with Gasteiger partial charge in [-0.1, -0.05) is 17.7 Å². The fraction of sp³-hybridized carbons (Fsp3) is 0.211. The molecule has 0 bridgehead atoms. The van der Waals surface area contributed by atoms with E-state index in [9.17, 15) is 9.59 Å². The first kappa shape index (κ1) is 18.6. The van der Waals surface area contributed by atoms with Crippen molar-refractivity contribution in [2.75, 3.05) is 12.4 Å². The van der Waals surface area contributed by atoms with Crippen molar-refractivity contribution in [3.05, 3.63) is 64.2 Å². The van der Waals surface area contributed by atoms with Crippen molar-refractivity contribution in [3.63, 3.8) is 0 Å². The van der Waals surface area contributed by atoms with Gasteiger partial charge in [0.25, 0.3) is 5.91 Å². The van der Waals surface area contributed by atoms with Crippen LogP contribution in [0.25, 0.3) is 0 Å². The Morgan fingerprint density at radius 2 is 1.48 bits per heavy atom. The van der Waals surface area contributed by atoms with E-state index in [1.165, 1.54) is 24.8 Å². The zero-order valence-electron chi connectivity index (χ0n) is 14.6. The average Bonchev–Trinajstić information content (AvgIpc) is 2.57. The third kappa shape index (κ3) is 4.64. The number of nitrogens with one attached hydrogen (secondary N) is 2. The molecule has 0 unspecified atom stereocenters. The summed E-state index contributed by atoms with van der Waals surface area (Å²) in [4.78, 5) is 23.7. The van der Waals surface area contributed by atoms with E-state index in [-0.39, 0.29) is 11.0 Å². The third-order valence-corrected chi connectivity index (χ3v) is 3.91. The summed E-state index contributed by atoms with van der Waals surface area (Å²) in [5.74, 6) is -0.800. The van der Waals surface area contributed by atoms with Gasteiger partial charge in [0, 0.05) is 11.3 Å². The monoisotopic (exact) mass is 356 g/mol. The van der Waals surface area contributed by atoms with Crippen LogP contribution in [0.15, 0.2) is 36.4 Å². The van der Waals surface area contributed by atoms with Crippen LogP contribution in [-0.2, 0) is 4.74 Å². The van der Waals surface area contributed by atoms with Crippen molar-refractivity contribution in [2.24, 2.45) is 0 Å². The molecule has 2 N–H and O–H groups in total. The van der Waals surface area contributed by atoms with E-state index in [1.807, 2.05) is 32.9 Å². The first-order valence-electron chi connectivity index (χ1n) is 7.70. The Morgan fingerprint density at radius 3 is 2.00 bits per heavy atom. The minimum absolute atomic E-state index is 0.220. The number of methoxy groups -OCH3 is 1. The largest absolute Gasteiger partial charge is 0.465 e. The zero-order chi connectivity index (χ0) is 18.6. The molecule has 0 radical (unpaired) electrons. The second kappa shape index (κ2) is 7.90. The lowest BCUT2D eigenvalue weighted by atomic mass is 10.1. The number of rotatable bonds is 3. The Labute approximate surface area is 152 Å². The Morgan fingerprint density at radius 1 is 0.960 bits per heavy atom. The van der Waals surface area contributed by atoms with Crippen LogP contribution in [0.4, 0.5) is 5.69 Å². The van der Waals surface area contributed by atoms with Crippen LogP contribution < -0.4 is 10.6 Å². The van der Waals surface area contributed by atoms with Gasteiger partial charge in [0.05, 0.1) is 12.7 Å². The third-order valence-electron chi connectivity index (χ3n) is 3.71. The van der Waals surface area contributed by atoms with Gasteiger partial charge in [-0.15, -0.1) is 0 Å². The summed E-state index contributed by atoms with van der Waals surface area (Å²) in [6, 6.07) is 10.3. The molecule has 0 aliphatic heterocycles. The van der Waals surface area contributed by atoms with Gasteiger partial charge in [0.1, 0.15) is 0 Å². The maximum Gasteiger partial charge on any atom is 0.337 e. The number of hydrogen-bond acceptors (Lipinski definition) is 4. The first-order valence-corrected chi connectivity index (χ1v) is 8.11. The summed E-state index contributed by atoms with van der Waals surface area (Å²) >= 11 is 5.23. The maximum atomic E-state index is 12.3. The topological polar surface area (TPSA) is 67.4 Å². The van der Waals surface area contributed by atoms with Crippen LogP contribution in [0.1, 0.15) is 37.4 Å². The van der Waals surface area contributed by atoms with Gasteiger partial charge in [0.2, 0.25) is 0 Å². The van der Waals surface area contributed by atoms with Gasteiger partial charge in [0.15, 0.2) is 5.11 Å². The molecule has 25 heavy (non-hydrogen) atoms. The van der Waals surface area contributed by atoms with Gasteiger partial charge in [-0.3, -0.25) is 10.1 Å². The molecular formula is C19H20N2O3S. The van der Waals surface area contributed by atoms with Crippen LogP contribution in [0.3, 0.4) is 0 Å². The molecule has 0 fully saturated rings. The second-order valence-electron chi connectivity index (χ2n) is 5.75. The lowest BCUT2D eigenvalue weighted by Gasteiger charge is -2.15. The quantitative estimate of drug-likeness (QED) is 0.650. The number of benzene rings is 2. The molecular weight excluding hydrogens is 336 g/mol. The fourth-order valence-electron chi connectivity index (χ4n) is 2.57. The Bertz CT molecular complexity index is 806. The molecule has 0 aliphatic carbocycles. The molecule has 6 heteroatoms. The summed E-state index contributed by atoms with van der Waals surface area (Å²) < 4.78 is 4.63. The molecule has 0 aliphatic rings. The molecule has 0 atom stereocenters. The minimum Gasteiger partial charge on any atom is -0.465 e. The standard InChI is InChI=1S/C19H20N2O3S/c1-11-9-12(2)16(13(3)10-11)20-19(25)21-17(22)14-5-7-15(8-6-14)18(23)24-4/h5-10H,1-4H3,(H2,20,21,22,25). The van der Waals surface area contributed by atoms with Crippen molar-refractivity contribution in [2.45, 2.75) is 20.8 Å². The lowest BCUT2D eigenvalue weighted by molar-refractivity contribution is 0.0600. The summed E-state index contributed by atoms with van der Waals surface area (Å²) in [5.41, 5.74) is 4.94. The van der Waals surface area contributed by atoms with Crippen LogP contribution in [-0.4, -0.2) is 24.1 Å². The number of thiocarbonyl (C=S) groups is 1. The molecule has 2 aromatic rings. The molecule has 0 saturated carbocycles. The van der Waals surface area contributed by atoms with Gasteiger partial charge in [-0.2, -0.15) is 0 Å². The van der Waals surface area contributed by atoms with E-state index in [0.29, 0.717) is 11.1 Å². The van der Waals surface area contributed by atoms with Crippen LogP contribution in [0, 0.1) is 20.8 Å². The van der Waals surface area contributed by atoms with E-state index in [1.54, 1.807) is 12.1 Å². The van der Waals surface area contributed by atoms with E-state index in [4.69, 9.17) is 12.2 Å². The highest BCUT2D eigenvalue weighted by atomic mass is 32.1. The Balaban J connectivity index is 2.05. The van der Waals surface area contributed by atoms with Crippen molar-refractivity contribution >= 4 is 34.9 Å². The molecule has 130 valence electrons. The molecule has 0 saturated heterocycles. The predicted octanol–water partition coefficient (Wildman–Crippen LogP) is 3.53. The van der Waals surface area contributed by atoms with Crippen molar-refractivity contribution in [3.8, 4) is 0 Å². The molecule has 0 spiro atoms. The fourth-order valence-corrected chi connectivity index (χ4v) is 2.77. The van der Waals surface area contributed by atoms with Crippen LogP contribution >= 0.6 is 12.2 Å². The Kier molecular flexibility index (Phi) is 5.88. The number of anilines is 1. The van der Waals surface area contributed by atoms with E-state index in [2.05, 4.69) is 15.4 Å². The minimum atomic E-state index is -0.450. The number of ether oxygens (including phenoxy) is 1. The maximum absolute atomic E-state index is 12.3. The lowest BCUT2D eigenvalue weighted by Crippen LogP contribution is -2.34. The molecule has 5 nitrogen and oxygen atoms in total. The Hall–Kier alpha value is -2.73. The molecule has 0 aromatic heterocycles. The van der Waals surface area contributed by atoms with Gasteiger partial charge in [-0.25, -0.2) is 4.79 Å². The van der Waals surface area contributed by atoms with Gasteiger partial charge in [-0.05, 0) is 68.4 Å². The van der Waals surface area contributed by atoms with Gasteiger partial charge >= 0.3 is 5.97 Å². The zero-order valence-corrected chi connectivity index (χ0v) is 15.4. The highest BCUT2D eigenvalue weighted by molar-refractivity contribution is 7.80. The smallest absolute Gasteiger partial charge is 0.337 e. The van der Waals surface area contributed by atoms with E-state index < -0.39 is 5.97 Å². The molecule has 0 heterocycles. The summed E-state index contributed by atoms with van der Waals surface area (Å²) in [6.45, 7) is 6.00. The van der Waals surface area contributed by atoms with Crippen molar-refractivity contribution in [1.82, 2.24) is 5.32 Å². The van der Waals surface area contributed by atoms with Crippen LogP contribution in [0.2, 0.25) is 0 Å². The average molecular weight is 356 g/mol. The first-order chi connectivity index (χ1) is 11.8. The van der Waals surface area contributed by atoms with Crippen molar-refractivity contribution < 1.29 is 14.3 Å². The summed E-state index contributed by atoms with van der Waals surface area (Å²) in [6.07, 6.45) is 0. The summed E-state index contributed by atoms with van der Waals surface area (Å²) in [7, 11) is 1.31. The van der Waals surface area contributed by atoms with Crippen LogP contribution in [0.5, 0.6) is 0 Å². The van der Waals surface area contributed by atoms with E-state index >= 15 is 0 Å². The van der Waals surface area contributed by atoms with E-state index in [0.717, 1.165) is 16.8 Å². The number of esters is 1.